The number of hydrogen-bond donors (Lipinski definition) is 1. The van der Waals surface area contributed by atoms with Crippen molar-refractivity contribution in [2.45, 2.75) is 58.1 Å². The van der Waals surface area contributed by atoms with E-state index in [9.17, 15) is 9.59 Å². The molecule has 2 amide bonds. The molecule has 9 heteroatoms. The molecular formula is C27H33N5O3S. The standard InChI is InChI=1S/C27H33N5O3S/c1-27(2,3)35-26(34)30-23-15-20(10-11-28-23)31-12-13-32-21(16-31)14-19(25(32)33)8-4-6-18-7-5-9-22-24(18)36-17-29-22/h5,7,9-11,15,17,19,21H,4,6,8,12-14,16H2,1-3H3,(H,28,30,34)/t19-,21-/m0/s1. The molecule has 1 N–H and O–H groups in total. The molecule has 2 saturated heterocycles. The van der Waals surface area contributed by atoms with Gasteiger partial charge >= 0.3 is 6.09 Å². The van der Waals surface area contributed by atoms with Gasteiger partial charge in [0, 0.05) is 43.5 Å². The van der Waals surface area contributed by atoms with Crippen LogP contribution in [0.15, 0.2) is 42.0 Å². The number of hydrogen-bond acceptors (Lipinski definition) is 7. The molecule has 2 fully saturated rings. The molecule has 8 nitrogen and oxygen atoms in total. The molecule has 5 rings (SSSR count). The minimum atomic E-state index is -0.571. The predicted octanol–water partition coefficient (Wildman–Crippen LogP) is 5.10. The van der Waals surface area contributed by atoms with E-state index in [1.807, 2.05) is 38.4 Å². The monoisotopic (exact) mass is 507 g/mol. The van der Waals surface area contributed by atoms with Crippen LogP contribution in [0.5, 0.6) is 0 Å². The zero-order valence-electron chi connectivity index (χ0n) is 21.1. The Bertz CT molecular complexity index is 1250. The number of amides is 2. The van der Waals surface area contributed by atoms with E-state index in [4.69, 9.17) is 4.74 Å². The first-order chi connectivity index (χ1) is 17.3. The molecular weight excluding hydrogens is 474 g/mol. The van der Waals surface area contributed by atoms with Gasteiger partial charge in [-0.05, 0) is 64.2 Å². The van der Waals surface area contributed by atoms with E-state index < -0.39 is 11.7 Å². The fourth-order valence-corrected chi connectivity index (χ4v) is 6.09. The summed E-state index contributed by atoms with van der Waals surface area (Å²) in [5.74, 6) is 0.857. The summed E-state index contributed by atoms with van der Waals surface area (Å²) in [7, 11) is 0. The first-order valence-electron chi connectivity index (χ1n) is 12.6. The smallest absolute Gasteiger partial charge is 0.413 e. The summed E-state index contributed by atoms with van der Waals surface area (Å²) in [6, 6.07) is 10.3. The molecule has 36 heavy (non-hydrogen) atoms. The van der Waals surface area contributed by atoms with Crippen molar-refractivity contribution in [1.82, 2.24) is 14.9 Å². The Kier molecular flexibility index (Phi) is 6.83. The Labute approximate surface area is 215 Å². The second-order valence-corrected chi connectivity index (χ2v) is 11.5. The minimum absolute atomic E-state index is 0.0949. The number of thiazole rings is 1. The normalized spacial score (nSPS) is 20.0. The number of aryl methyl sites for hydroxylation is 1. The molecule has 0 spiro atoms. The van der Waals surface area contributed by atoms with Crippen LogP contribution in [-0.4, -0.2) is 58.1 Å². The minimum Gasteiger partial charge on any atom is -0.444 e. The summed E-state index contributed by atoms with van der Waals surface area (Å²) in [6.07, 6.45) is 4.97. The molecule has 0 radical (unpaired) electrons. The number of rotatable bonds is 6. The molecule has 4 heterocycles. The fraction of sp³-hybridized carbons (Fsp3) is 0.481. The van der Waals surface area contributed by atoms with E-state index in [-0.39, 0.29) is 12.0 Å². The summed E-state index contributed by atoms with van der Waals surface area (Å²) in [5.41, 5.74) is 4.71. The highest BCUT2D eigenvalue weighted by atomic mass is 32.1. The van der Waals surface area contributed by atoms with Gasteiger partial charge in [0.05, 0.1) is 21.8 Å². The van der Waals surface area contributed by atoms with Crippen molar-refractivity contribution in [3.63, 3.8) is 0 Å². The van der Waals surface area contributed by atoms with Crippen LogP contribution in [0.25, 0.3) is 10.2 Å². The van der Waals surface area contributed by atoms with Gasteiger partial charge in [0.15, 0.2) is 0 Å². The number of carbonyl (C=O) groups is 2. The summed E-state index contributed by atoms with van der Waals surface area (Å²) in [6.45, 7) is 7.75. The highest BCUT2D eigenvalue weighted by Gasteiger charge is 2.41. The zero-order valence-corrected chi connectivity index (χ0v) is 21.9. The lowest BCUT2D eigenvalue weighted by atomic mass is 9.96. The molecule has 2 aromatic heterocycles. The molecule has 1 aromatic carbocycles. The maximum atomic E-state index is 13.1. The van der Waals surface area contributed by atoms with Crippen molar-refractivity contribution in [2.24, 2.45) is 5.92 Å². The van der Waals surface area contributed by atoms with E-state index in [0.29, 0.717) is 11.7 Å². The number of benzene rings is 1. The second kappa shape index (κ2) is 10.0. The summed E-state index contributed by atoms with van der Waals surface area (Å²) < 4.78 is 6.60. The molecule has 0 unspecified atom stereocenters. The van der Waals surface area contributed by atoms with Crippen LogP contribution in [0.3, 0.4) is 0 Å². The van der Waals surface area contributed by atoms with Crippen LogP contribution >= 0.6 is 11.3 Å². The fourth-order valence-electron chi connectivity index (χ4n) is 5.26. The van der Waals surface area contributed by atoms with E-state index in [1.165, 1.54) is 10.3 Å². The lowest BCUT2D eigenvalue weighted by Crippen LogP contribution is -2.51. The highest BCUT2D eigenvalue weighted by Crippen LogP contribution is 2.33. The van der Waals surface area contributed by atoms with Gasteiger partial charge < -0.3 is 14.5 Å². The molecule has 3 aromatic rings. The van der Waals surface area contributed by atoms with Crippen molar-refractivity contribution in [3.8, 4) is 0 Å². The molecule has 0 aliphatic carbocycles. The first-order valence-corrected chi connectivity index (χ1v) is 13.5. The molecule has 2 aliphatic heterocycles. The highest BCUT2D eigenvalue weighted by molar-refractivity contribution is 7.16. The third kappa shape index (κ3) is 5.46. The van der Waals surface area contributed by atoms with Crippen LogP contribution < -0.4 is 10.2 Å². The topological polar surface area (TPSA) is 87.7 Å². The van der Waals surface area contributed by atoms with Gasteiger partial charge in [-0.15, -0.1) is 11.3 Å². The Morgan fingerprint density at radius 2 is 2.08 bits per heavy atom. The van der Waals surface area contributed by atoms with Gasteiger partial charge in [-0.1, -0.05) is 12.1 Å². The van der Waals surface area contributed by atoms with Gasteiger partial charge in [0.2, 0.25) is 5.91 Å². The average molecular weight is 508 g/mol. The third-order valence-electron chi connectivity index (χ3n) is 6.85. The number of carbonyl (C=O) groups excluding carboxylic acids is 2. The zero-order chi connectivity index (χ0) is 25.3. The van der Waals surface area contributed by atoms with Crippen LogP contribution in [0.4, 0.5) is 16.3 Å². The van der Waals surface area contributed by atoms with Gasteiger partial charge in [0.25, 0.3) is 0 Å². The van der Waals surface area contributed by atoms with E-state index in [0.717, 1.165) is 56.5 Å². The van der Waals surface area contributed by atoms with Crippen LogP contribution in [-0.2, 0) is 16.0 Å². The van der Waals surface area contributed by atoms with Crippen LogP contribution in [0.1, 0.15) is 45.6 Å². The van der Waals surface area contributed by atoms with Crippen molar-refractivity contribution < 1.29 is 14.3 Å². The average Bonchev–Trinajstić information content (AvgIpc) is 3.43. The Balaban J connectivity index is 1.16. The molecule has 2 aliphatic rings. The number of nitrogens with one attached hydrogen (secondary N) is 1. The van der Waals surface area contributed by atoms with Crippen LogP contribution in [0, 0.1) is 5.92 Å². The predicted molar refractivity (Wildman–Crippen MR) is 142 cm³/mol. The van der Waals surface area contributed by atoms with E-state index in [1.54, 1.807) is 17.5 Å². The van der Waals surface area contributed by atoms with Gasteiger partial charge in [-0.2, -0.15) is 0 Å². The molecule has 0 bridgehead atoms. The Morgan fingerprint density at radius 1 is 1.22 bits per heavy atom. The van der Waals surface area contributed by atoms with Crippen molar-refractivity contribution in [1.29, 1.82) is 0 Å². The summed E-state index contributed by atoms with van der Waals surface area (Å²) in [4.78, 5) is 38.3. The van der Waals surface area contributed by atoms with Gasteiger partial charge in [0.1, 0.15) is 11.4 Å². The summed E-state index contributed by atoms with van der Waals surface area (Å²) in [5, 5.41) is 2.72. The Morgan fingerprint density at radius 3 is 2.92 bits per heavy atom. The van der Waals surface area contributed by atoms with Gasteiger partial charge in [-0.3, -0.25) is 10.1 Å². The number of anilines is 2. The summed E-state index contributed by atoms with van der Waals surface area (Å²) >= 11 is 1.69. The number of pyridine rings is 1. The number of fused-ring (bicyclic) bond motifs is 2. The maximum Gasteiger partial charge on any atom is 0.413 e. The lowest BCUT2D eigenvalue weighted by molar-refractivity contribution is -0.132. The van der Waals surface area contributed by atoms with Gasteiger partial charge in [-0.25, -0.2) is 14.8 Å². The molecule has 0 saturated carbocycles. The SMILES string of the molecule is CC(C)(C)OC(=O)Nc1cc(N2CCN3C(=O)[C@@H](CCCc4cccc5ncsc45)C[C@H]3C2)ccn1. The number of ether oxygens (including phenoxy) is 1. The van der Waals surface area contributed by atoms with Crippen molar-refractivity contribution in [3.05, 3.63) is 47.6 Å². The van der Waals surface area contributed by atoms with E-state index >= 15 is 0 Å². The Hall–Kier alpha value is -3.20. The number of aromatic nitrogens is 2. The largest absolute Gasteiger partial charge is 0.444 e. The first kappa shape index (κ1) is 24.5. The molecule has 190 valence electrons. The van der Waals surface area contributed by atoms with Crippen molar-refractivity contribution >= 4 is 45.1 Å². The lowest BCUT2D eigenvalue weighted by Gasteiger charge is -2.38. The number of piperazine rings is 1. The second-order valence-electron chi connectivity index (χ2n) is 10.6. The third-order valence-corrected chi connectivity index (χ3v) is 7.76. The quantitative estimate of drug-likeness (QED) is 0.500. The molecule has 2 atom stereocenters. The van der Waals surface area contributed by atoms with E-state index in [2.05, 4.69) is 43.3 Å². The number of nitrogens with zero attached hydrogens (tertiary/aromatic N) is 4. The van der Waals surface area contributed by atoms with Crippen LogP contribution in [0.2, 0.25) is 0 Å². The maximum absolute atomic E-state index is 13.1. The van der Waals surface area contributed by atoms with Crippen molar-refractivity contribution in [2.75, 3.05) is 29.9 Å².